The second-order valence-corrected chi connectivity index (χ2v) is 16.5. The third-order valence-electron chi connectivity index (χ3n) is 10.4. The van der Waals surface area contributed by atoms with E-state index in [0.29, 0.717) is 18.2 Å². The van der Waals surface area contributed by atoms with E-state index in [-0.39, 0.29) is 46.1 Å². The summed E-state index contributed by atoms with van der Waals surface area (Å²) >= 11 is 0. The number of nitrogens with zero attached hydrogens (tertiary/aromatic N) is 6. The Morgan fingerprint density at radius 2 is 0.884 bits per heavy atom. The molecule has 0 unspecified atom stereocenters. The van der Waals surface area contributed by atoms with Gasteiger partial charge < -0.3 is 16.4 Å². The molecule has 5 rings (SSSR count). The number of hydroxylamine groups is 4. The van der Waals surface area contributed by atoms with E-state index in [1.165, 1.54) is 38.5 Å². The lowest BCUT2D eigenvalue weighted by atomic mass is 9.74. The Bertz CT molecular complexity index is 980. The molecule has 0 bridgehead atoms. The Hall–Kier alpha value is -1.75. The first-order valence-corrected chi connectivity index (χ1v) is 17.1. The molecule has 0 atom stereocenters. The topological polar surface area (TPSA) is 119 Å². The Labute approximate surface area is 260 Å². The molecule has 2 aliphatic carbocycles. The molecular weight excluding hydrogens is 540 g/mol. The first kappa shape index (κ1) is 32.6. The molecule has 4 N–H and O–H groups in total. The Balaban J connectivity index is 1.45. The average Bonchev–Trinajstić information content (AvgIpc) is 2.88. The van der Waals surface area contributed by atoms with Crippen molar-refractivity contribution >= 4 is 17.8 Å². The highest BCUT2D eigenvalue weighted by molar-refractivity contribution is 5.43. The van der Waals surface area contributed by atoms with Gasteiger partial charge in [-0.05, 0) is 107 Å². The average molecular weight is 601 g/mol. The van der Waals surface area contributed by atoms with Crippen LogP contribution in [0.4, 0.5) is 17.8 Å². The van der Waals surface area contributed by atoms with Gasteiger partial charge in [0.1, 0.15) is 0 Å². The molecule has 10 heteroatoms. The SMILES string of the molecule is CC1(C)CC(N(c2nc(N)nc(N)n2)C2CC(C)(C)N(OC3CCCCC3)C(C)(C)C2)CC(C)(C)N1OC1CCCCC1. The van der Waals surface area contributed by atoms with Gasteiger partial charge in [0.15, 0.2) is 0 Å². The summed E-state index contributed by atoms with van der Waals surface area (Å²) in [5, 5.41) is 4.66. The molecule has 1 aromatic heterocycles. The normalized spacial score (nSPS) is 27.7. The zero-order valence-electron chi connectivity index (χ0n) is 28.4. The molecule has 0 spiro atoms. The maximum Gasteiger partial charge on any atom is 0.232 e. The molecule has 4 fully saturated rings. The van der Waals surface area contributed by atoms with E-state index in [9.17, 15) is 0 Å². The summed E-state index contributed by atoms with van der Waals surface area (Å²) in [6.45, 7) is 18.6. The van der Waals surface area contributed by atoms with Gasteiger partial charge in [0.2, 0.25) is 17.8 Å². The number of anilines is 3. The fourth-order valence-corrected chi connectivity index (χ4v) is 9.16. The minimum absolute atomic E-state index is 0.166. The van der Waals surface area contributed by atoms with Gasteiger partial charge in [-0.15, -0.1) is 0 Å². The van der Waals surface area contributed by atoms with E-state index in [1.54, 1.807) is 0 Å². The standard InChI is InChI=1S/C33H60N8O2/c1-30(2)19-23(20-31(3,4)40(30)42-25-15-11-9-12-16-25)39(29-37-27(34)36-28(35)38-29)24-21-32(5,6)41(33(7,8)22-24)43-26-17-13-10-14-18-26/h23-26H,9-22H2,1-8H3,(H4,34,35,36,37,38). The van der Waals surface area contributed by atoms with Crippen LogP contribution in [0.3, 0.4) is 0 Å². The van der Waals surface area contributed by atoms with E-state index >= 15 is 0 Å². The zero-order chi connectivity index (χ0) is 31.2. The largest absolute Gasteiger partial charge is 0.368 e. The summed E-state index contributed by atoms with van der Waals surface area (Å²) in [5.74, 6) is 0.919. The first-order valence-electron chi connectivity index (χ1n) is 17.1. The van der Waals surface area contributed by atoms with Crippen LogP contribution in [0.2, 0.25) is 0 Å². The second-order valence-electron chi connectivity index (χ2n) is 16.5. The monoisotopic (exact) mass is 600 g/mol. The van der Waals surface area contributed by atoms with E-state index in [1.807, 2.05) is 0 Å². The van der Waals surface area contributed by atoms with E-state index < -0.39 is 0 Å². The Kier molecular flexibility index (Phi) is 9.27. The lowest BCUT2D eigenvalue weighted by molar-refractivity contribution is -0.314. The van der Waals surface area contributed by atoms with Crippen LogP contribution >= 0.6 is 0 Å². The molecule has 0 aromatic carbocycles. The summed E-state index contributed by atoms with van der Waals surface area (Å²) in [7, 11) is 0. The smallest absolute Gasteiger partial charge is 0.232 e. The first-order chi connectivity index (χ1) is 20.1. The highest BCUT2D eigenvalue weighted by atomic mass is 16.7. The lowest BCUT2D eigenvalue weighted by Gasteiger charge is -2.60. The van der Waals surface area contributed by atoms with Gasteiger partial charge in [0.05, 0.1) is 12.2 Å². The van der Waals surface area contributed by atoms with Crippen molar-refractivity contribution < 1.29 is 9.68 Å². The van der Waals surface area contributed by atoms with Crippen molar-refractivity contribution in [3.05, 3.63) is 0 Å². The zero-order valence-corrected chi connectivity index (χ0v) is 28.4. The highest BCUT2D eigenvalue weighted by Crippen LogP contribution is 2.47. The predicted molar refractivity (Wildman–Crippen MR) is 173 cm³/mol. The van der Waals surface area contributed by atoms with E-state index in [4.69, 9.17) is 31.1 Å². The number of piperidine rings is 2. The van der Waals surface area contributed by atoms with E-state index in [2.05, 4.69) is 75.4 Å². The van der Waals surface area contributed by atoms with Crippen molar-refractivity contribution in [1.82, 2.24) is 25.1 Å². The van der Waals surface area contributed by atoms with Gasteiger partial charge in [0.25, 0.3) is 0 Å². The van der Waals surface area contributed by atoms with Gasteiger partial charge in [0, 0.05) is 34.2 Å². The third-order valence-corrected chi connectivity index (χ3v) is 10.4. The number of aromatic nitrogens is 3. The summed E-state index contributed by atoms with van der Waals surface area (Å²) in [4.78, 5) is 29.7. The quantitative estimate of drug-likeness (QED) is 0.363. The maximum absolute atomic E-state index is 6.84. The molecule has 3 heterocycles. The lowest BCUT2D eigenvalue weighted by Crippen LogP contribution is -2.69. The molecule has 43 heavy (non-hydrogen) atoms. The summed E-state index contributed by atoms with van der Waals surface area (Å²) in [6.07, 6.45) is 16.5. The van der Waals surface area contributed by atoms with Crippen molar-refractivity contribution in [3.8, 4) is 0 Å². The Morgan fingerprint density at radius 1 is 0.558 bits per heavy atom. The second kappa shape index (κ2) is 12.2. The van der Waals surface area contributed by atoms with Gasteiger partial charge in [-0.2, -0.15) is 25.1 Å². The summed E-state index contributed by atoms with van der Waals surface area (Å²) in [6, 6.07) is 0.333. The van der Waals surface area contributed by atoms with Crippen molar-refractivity contribution in [3.63, 3.8) is 0 Å². The van der Waals surface area contributed by atoms with Crippen LogP contribution in [0.15, 0.2) is 0 Å². The molecule has 0 amide bonds. The molecular formula is C33H60N8O2. The predicted octanol–water partition coefficient (Wildman–Crippen LogP) is 6.41. The Morgan fingerprint density at radius 3 is 1.21 bits per heavy atom. The minimum atomic E-state index is -0.192. The highest BCUT2D eigenvalue weighted by Gasteiger charge is 2.54. The van der Waals surface area contributed by atoms with Crippen LogP contribution in [-0.4, -0.2) is 71.5 Å². The van der Waals surface area contributed by atoms with Crippen molar-refractivity contribution in [2.24, 2.45) is 0 Å². The van der Waals surface area contributed by atoms with Crippen molar-refractivity contribution in [2.45, 2.75) is 192 Å². The number of hydrogen-bond acceptors (Lipinski definition) is 10. The molecule has 4 aliphatic rings. The minimum Gasteiger partial charge on any atom is -0.368 e. The molecule has 2 aliphatic heterocycles. The van der Waals surface area contributed by atoms with Crippen LogP contribution in [0, 0.1) is 0 Å². The molecule has 0 radical (unpaired) electrons. The molecule has 10 nitrogen and oxygen atoms in total. The fraction of sp³-hybridized carbons (Fsp3) is 0.909. The number of hydrogen-bond donors (Lipinski definition) is 2. The van der Waals surface area contributed by atoms with E-state index in [0.717, 1.165) is 51.4 Å². The fourth-order valence-electron chi connectivity index (χ4n) is 9.16. The number of nitrogen functional groups attached to an aromatic ring is 2. The third kappa shape index (κ3) is 7.23. The molecule has 2 saturated carbocycles. The van der Waals surface area contributed by atoms with Crippen molar-refractivity contribution in [2.75, 3.05) is 16.4 Å². The maximum atomic E-state index is 6.84. The van der Waals surface area contributed by atoms with Gasteiger partial charge in [-0.3, -0.25) is 9.68 Å². The van der Waals surface area contributed by atoms with Crippen LogP contribution in [0.5, 0.6) is 0 Å². The number of nitrogens with two attached hydrogens (primary N) is 2. The summed E-state index contributed by atoms with van der Waals surface area (Å²) < 4.78 is 0. The van der Waals surface area contributed by atoms with Gasteiger partial charge >= 0.3 is 0 Å². The van der Waals surface area contributed by atoms with Crippen molar-refractivity contribution in [1.29, 1.82) is 0 Å². The molecule has 2 saturated heterocycles. The number of rotatable bonds is 7. The van der Waals surface area contributed by atoms with Crippen LogP contribution in [-0.2, 0) is 9.68 Å². The molecule has 1 aromatic rings. The van der Waals surface area contributed by atoms with Crippen LogP contribution in [0.1, 0.15) is 145 Å². The summed E-state index contributed by atoms with van der Waals surface area (Å²) in [5.41, 5.74) is 11.6. The van der Waals surface area contributed by atoms with Gasteiger partial charge in [-0.25, -0.2) is 0 Å². The van der Waals surface area contributed by atoms with Gasteiger partial charge in [-0.1, -0.05) is 38.5 Å². The van der Waals surface area contributed by atoms with Crippen LogP contribution < -0.4 is 16.4 Å². The molecule has 244 valence electrons. The van der Waals surface area contributed by atoms with Crippen LogP contribution in [0.25, 0.3) is 0 Å².